The van der Waals surface area contributed by atoms with Crippen molar-refractivity contribution in [3.05, 3.63) is 0 Å². The van der Waals surface area contributed by atoms with E-state index in [9.17, 15) is 4.79 Å². The van der Waals surface area contributed by atoms with Crippen LogP contribution in [-0.4, -0.2) is 5.78 Å². The van der Waals surface area contributed by atoms with Gasteiger partial charge in [0, 0.05) is 5.92 Å². The normalized spacial score (nSPS) is 16.0. The van der Waals surface area contributed by atoms with Gasteiger partial charge in [-0.3, -0.25) is 4.79 Å². The van der Waals surface area contributed by atoms with E-state index >= 15 is 0 Å². The molecule has 0 saturated carbocycles. The maximum Gasteiger partial charge on any atom is 0.132 e. The van der Waals surface area contributed by atoms with Crippen LogP contribution in [0.5, 0.6) is 0 Å². The van der Waals surface area contributed by atoms with Crippen LogP contribution in [0.3, 0.4) is 0 Å². The van der Waals surface area contributed by atoms with E-state index < -0.39 is 0 Å². The quantitative estimate of drug-likeness (QED) is 0.598. The number of rotatable bonds is 5. The third-order valence-electron chi connectivity index (χ3n) is 2.45. The standard InChI is InChI=1S/C10H20O/c1-5-8(3)7-10(6-2)9(4)11/h8,10H,5-7H2,1-4H3. The summed E-state index contributed by atoms with van der Waals surface area (Å²) in [6.07, 6.45) is 3.26. The zero-order valence-electron chi connectivity index (χ0n) is 8.18. The zero-order valence-corrected chi connectivity index (χ0v) is 8.18. The van der Waals surface area contributed by atoms with Gasteiger partial charge in [0.1, 0.15) is 5.78 Å². The molecule has 0 radical (unpaired) electrons. The van der Waals surface area contributed by atoms with Crippen molar-refractivity contribution in [3.8, 4) is 0 Å². The van der Waals surface area contributed by atoms with Crippen LogP contribution in [0.25, 0.3) is 0 Å². The number of ketones is 1. The number of carbonyl (C=O) groups excluding carboxylic acids is 1. The Morgan fingerprint density at radius 2 is 1.82 bits per heavy atom. The summed E-state index contributed by atoms with van der Waals surface area (Å²) in [5.74, 6) is 1.36. The largest absolute Gasteiger partial charge is 0.300 e. The van der Waals surface area contributed by atoms with Gasteiger partial charge in [-0.1, -0.05) is 27.2 Å². The summed E-state index contributed by atoms with van der Waals surface area (Å²) in [6, 6.07) is 0. The maximum absolute atomic E-state index is 11.0. The molecule has 2 atom stereocenters. The van der Waals surface area contributed by atoms with Crippen molar-refractivity contribution in [3.63, 3.8) is 0 Å². The van der Waals surface area contributed by atoms with Crippen LogP contribution in [0.4, 0.5) is 0 Å². The second-order valence-corrected chi connectivity index (χ2v) is 3.46. The molecule has 0 saturated heterocycles. The van der Waals surface area contributed by atoms with Crippen LogP contribution in [-0.2, 0) is 4.79 Å². The zero-order chi connectivity index (χ0) is 8.85. The number of Topliss-reactive ketones (excluding diaryl/α,β-unsaturated/α-hetero) is 1. The molecule has 0 aromatic heterocycles. The fourth-order valence-corrected chi connectivity index (χ4v) is 1.27. The van der Waals surface area contributed by atoms with E-state index in [1.807, 2.05) is 0 Å². The van der Waals surface area contributed by atoms with Gasteiger partial charge < -0.3 is 0 Å². The first kappa shape index (κ1) is 10.7. The SMILES string of the molecule is CCC(C)CC(CC)C(C)=O. The minimum atomic E-state index is 0.310. The summed E-state index contributed by atoms with van der Waals surface area (Å²) >= 11 is 0. The molecule has 0 aliphatic rings. The van der Waals surface area contributed by atoms with E-state index in [1.165, 1.54) is 6.42 Å². The molecule has 11 heavy (non-hydrogen) atoms. The Morgan fingerprint density at radius 1 is 1.27 bits per heavy atom. The molecular weight excluding hydrogens is 136 g/mol. The molecule has 0 aromatic rings. The van der Waals surface area contributed by atoms with Gasteiger partial charge in [-0.15, -0.1) is 0 Å². The highest BCUT2D eigenvalue weighted by Crippen LogP contribution is 2.18. The number of hydrogen-bond acceptors (Lipinski definition) is 1. The van der Waals surface area contributed by atoms with Crippen LogP contribution < -0.4 is 0 Å². The highest BCUT2D eigenvalue weighted by atomic mass is 16.1. The minimum absolute atomic E-state index is 0.310. The Labute approximate surface area is 70.2 Å². The molecule has 0 aliphatic carbocycles. The van der Waals surface area contributed by atoms with E-state index in [-0.39, 0.29) is 0 Å². The van der Waals surface area contributed by atoms with Crippen LogP contribution >= 0.6 is 0 Å². The second kappa shape index (κ2) is 5.34. The second-order valence-electron chi connectivity index (χ2n) is 3.46. The van der Waals surface area contributed by atoms with E-state index in [0.717, 1.165) is 12.8 Å². The van der Waals surface area contributed by atoms with Crippen LogP contribution in [0, 0.1) is 11.8 Å². The summed E-state index contributed by atoms with van der Waals surface area (Å²) in [5.41, 5.74) is 0. The van der Waals surface area contributed by atoms with Crippen molar-refractivity contribution < 1.29 is 4.79 Å². The summed E-state index contributed by atoms with van der Waals surface area (Å²) in [4.78, 5) is 11.0. The molecule has 66 valence electrons. The molecule has 2 unspecified atom stereocenters. The monoisotopic (exact) mass is 156 g/mol. The minimum Gasteiger partial charge on any atom is -0.300 e. The van der Waals surface area contributed by atoms with E-state index in [0.29, 0.717) is 17.6 Å². The van der Waals surface area contributed by atoms with Crippen LogP contribution in [0.15, 0.2) is 0 Å². The van der Waals surface area contributed by atoms with Gasteiger partial charge >= 0.3 is 0 Å². The highest BCUT2D eigenvalue weighted by Gasteiger charge is 2.13. The first-order valence-corrected chi connectivity index (χ1v) is 4.62. The van der Waals surface area contributed by atoms with Crippen molar-refractivity contribution in [1.82, 2.24) is 0 Å². The molecule has 0 aromatic carbocycles. The summed E-state index contributed by atoms with van der Waals surface area (Å²) in [7, 11) is 0. The Hall–Kier alpha value is -0.330. The van der Waals surface area contributed by atoms with Gasteiger partial charge in [0.2, 0.25) is 0 Å². The molecule has 1 nitrogen and oxygen atoms in total. The third-order valence-corrected chi connectivity index (χ3v) is 2.45. The number of carbonyl (C=O) groups is 1. The molecule has 0 aliphatic heterocycles. The van der Waals surface area contributed by atoms with Crippen molar-refractivity contribution in [2.24, 2.45) is 11.8 Å². The highest BCUT2D eigenvalue weighted by molar-refractivity contribution is 5.78. The van der Waals surface area contributed by atoms with E-state index in [1.54, 1.807) is 6.92 Å². The first-order chi connectivity index (χ1) is 5.11. The predicted molar refractivity (Wildman–Crippen MR) is 48.5 cm³/mol. The Balaban J connectivity index is 3.77. The predicted octanol–water partition coefficient (Wildman–Crippen LogP) is 3.04. The molecule has 0 N–H and O–H groups in total. The lowest BCUT2D eigenvalue weighted by atomic mass is 9.90. The summed E-state index contributed by atoms with van der Waals surface area (Å²) in [6.45, 7) is 8.19. The summed E-state index contributed by atoms with van der Waals surface area (Å²) in [5, 5.41) is 0. The fourth-order valence-electron chi connectivity index (χ4n) is 1.27. The molecule has 0 heterocycles. The maximum atomic E-state index is 11.0. The van der Waals surface area contributed by atoms with Gasteiger partial charge in [0.15, 0.2) is 0 Å². The summed E-state index contributed by atoms with van der Waals surface area (Å²) < 4.78 is 0. The van der Waals surface area contributed by atoms with E-state index in [2.05, 4.69) is 20.8 Å². The van der Waals surface area contributed by atoms with Gasteiger partial charge in [0.05, 0.1) is 0 Å². The van der Waals surface area contributed by atoms with Crippen molar-refractivity contribution in [1.29, 1.82) is 0 Å². The van der Waals surface area contributed by atoms with Gasteiger partial charge in [-0.25, -0.2) is 0 Å². The van der Waals surface area contributed by atoms with Gasteiger partial charge in [-0.05, 0) is 25.7 Å². The van der Waals surface area contributed by atoms with Crippen molar-refractivity contribution in [2.45, 2.75) is 47.0 Å². The molecule has 0 fully saturated rings. The van der Waals surface area contributed by atoms with Crippen LogP contribution in [0.2, 0.25) is 0 Å². The van der Waals surface area contributed by atoms with Crippen LogP contribution in [0.1, 0.15) is 47.0 Å². The smallest absolute Gasteiger partial charge is 0.132 e. The topological polar surface area (TPSA) is 17.1 Å². The Bertz CT molecular complexity index is 118. The molecule has 0 spiro atoms. The Kier molecular flexibility index (Phi) is 5.18. The third kappa shape index (κ3) is 4.18. The Morgan fingerprint density at radius 3 is 2.09 bits per heavy atom. The lowest BCUT2D eigenvalue weighted by Gasteiger charge is -2.15. The lowest BCUT2D eigenvalue weighted by molar-refractivity contribution is -0.121. The molecule has 1 heteroatoms. The van der Waals surface area contributed by atoms with Gasteiger partial charge in [0.25, 0.3) is 0 Å². The van der Waals surface area contributed by atoms with Crippen molar-refractivity contribution >= 4 is 5.78 Å². The lowest BCUT2D eigenvalue weighted by Crippen LogP contribution is -2.13. The molecule has 0 rings (SSSR count). The van der Waals surface area contributed by atoms with E-state index in [4.69, 9.17) is 0 Å². The number of hydrogen-bond donors (Lipinski definition) is 0. The molecule has 0 bridgehead atoms. The first-order valence-electron chi connectivity index (χ1n) is 4.62. The fraction of sp³-hybridized carbons (Fsp3) is 0.900. The molecular formula is C10H20O. The average molecular weight is 156 g/mol. The average Bonchev–Trinajstić information content (AvgIpc) is 1.99. The van der Waals surface area contributed by atoms with Gasteiger partial charge in [-0.2, -0.15) is 0 Å². The molecule has 0 amide bonds. The van der Waals surface area contributed by atoms with Crippen molar-refractivity contribution in [2.75, 3.05) is 0 Å².